The second-order valence-corrected chi connectivity index (χ2v) is 13.3. The summed E-state index contributed by atoms with van der Waals surface area (Å²) in [5, 5.41) is 0. The lowest BCUT2D eigenvalue weighted by Crippen LogP contribution is -2.48. The Labute approximate surface area is 268 Å². The molecule has 0 aromatic carbocycles. The summed E-state index contributed by atoms with van der Waals surface area (Å²) in [5.74, 6) is 0.262. The summed E-state index contributed by atoms with van der Waals surface area (Å²) in [6.45, 7) is 16.2. The van der Waals surface area contributed by atoms with Crippen LogP contribution in [0.3, 0.4) is 0 Å². The number of hydrogen-bond donors (Lipinski definition) is 0. The molecule has 1 heterocycles. The molecule has 1 aliphatic rings. The fourth-order valence-electron chi connectivity index (χ4n) is 6.32. The number of unbranched alkanes of at least 4 members (excludes halogenated alkanes) is 18. The Hall–Kier alpha value is -1.14. The van der Waals surface area contributed by atoms with Gasteiger partial charge in [0.1, 0.15) is 0 Å². The maximum Gasteiger partial charge on any atom is 0.223 e. The predicted octanol–water partition coefficient (Wildman–Crippen LogP) is 8.53. The van der Waals surface area contributed by atoms with Gasteiger partial charge in [-0.05, 0) is 38.9 Å². The molecule has 6 heteroatoms. The van der Waals surface area contributed by atoms with E-state index in [0.29, 0.717) is 32.6 Å². The van der Waals surface area contributed by atoms with E-state index in [1.165, 1.54) is 148 Å². The second kappa shape index (κ2) is 29.6. The van der Waals surface area contributed by atoms with Gasteiger partial charge in [-0.2, -0.15) is 0 Å². The van der Waals surface area contributed by atoms with Crippen molar-refractivity contribution in [3.63, 3.8) is 0 Å². The van der Waals surface area contributed by atoms with Crippen molar-refractivity contribution in [3.05, 3.63) is 0 Å². The van der Waals surface area contributed by atoms with Crippen LogP contribution in [0.2, 0.25) is 0 Å². The molecular formula is C37H74N4O2. The van der Waals surface area contributed by atoms with Crippen molar-refractivity contribution in [1.82, 2.24) is 19.6 Å². The van der Waals surface area contributed by atoms with Gasteiger partial charge in [0.15, 0.2) is 0 Å². The highest BCUT2D eigenvalue weighted by molar-refractivity contribution is 5.76. The molecule has 0 aromatic rings. The van der Waals surface area contributed by atoms with Gasteiger partial charge in [0, 0.05) is 52.2 Å². The van der Waals surface area contributed by atoms with Crippen LogP contribution in [0, 0.1) is 0 Å². The number of hydrogen-bond acceptors (Lipinski definition) is 4. The van der Waals surface area contributed by atoms with Crippen LogP contribution in [-0.2, 0) is 9.59 Å². The monoisotopic (exact) mass is 607 g/mol. The number of carbonyl (C=O) groups excluding carboxylic acids is 2. The smallest absolute Gasteiger partial charge is 0.223 e. The van der Waals surface area contributed by atoms with Crippen molar-refractivity contribution in [2.75, 3.05) is 65.4 Å². The van der Waals surface area contributed by atoms with Gasteiger partial charge in [-0.3, -0.25) is 9.59 Å². The molecule has 0 spiro atoms. The van der Waals surface area contributed by atoms with Crippen LogP contribution in [0.1, 0.15) is 162 Å². The van der Waals surface area contributed by atoms with E-state index < -0.39 is 0 Å². The second-order valence-electron chi connectivity index (χ2n) is 13.3. The van der Waals surface area contributed by atoms with Crippen molar-refractivity contribution in [1.29, 1.82) is 0 Å². The quantitative estimate of drug-likeness (QED) is 0.0586. The molecular weight excluding hydrogens is 532 g/mol. The first-order chi connectivity index (χ1) is 21.1. The molecule has 0 saturated carbocycles. The zero-order valence-corrected chi connectivity index (χ0v) is 29.3. The van der Waals surface area contributed by atoms with Gasteiger partial charge in [0.25, 0.3) is 0 Å². The largest absolute Gasteiger partial charge is 0.342 e. The van der Waals surface area contributed by atoms with Crippen LogP contribution < -0.4 is 0 Å². The SMILES string of the molecule is CCCCCCCCCN(CCCCCCCCC)CCN(CCCCCCCCC)CCC(=O)N1CCN(C=O)CC1. The molecule has 2 amide bonds. The molecule has 0 N–H and O–H groups in total. The van der Waals surface area contributed by atoms with Crippen molar-refractivity contribution in [2.45, 2.75) is 162 Å². The zero-order valence-electron chi connectivity index (χ0n) is 29.3. The molecule has 0 atom stereocenters. The number of rotatable bonds is 31. The number of nitrogens with zero attached hydrogens (tertiary/aromatic N) is 4. The first kappa shape index (κ1) is 39.9. The van der Waals surface area contributed by atoms with E-state index in [4.69, 9.17) is 0 Å². The van der Waals surface area contributed by atoms with E-state index in [-0.39, 0.29) is 5.91 Å². The van der Waals surface area contributed by atoms with Crippen LogP contribution in [0.4, 0.5) is 0 Å². The number of amides is 2. The first-order valence-electron chi connectivity index (χ1n) is 19.1. The molecule has 0 aliphatic carbocycles. The summed E-state index contributed by atoms with van der Waals surface area (Å²) in [4.78, 5) is 33.2. The lowest BCUT2D eigenvalue weighted by atomic mass is 10.1. The standard InChI is InChI=1S/C37H74N4O2/c1-4-7-10-13-16-19-22-26-38(27-23-20-17-14-11-8-5-2)30-31-39(28-24-21-18-15-12-9-6-3)29-25-37(43)41-34-32-40(36-42)33-35-41/h36H,4-35H2,1-3H3. The van der Waals surface area contributed by atoms with Crippen molar-refractivity contribution in [2.24, 2.45) is 0 Å². The van der Waals surface area contributed by atoms with Gasteiger partial charge >= 0.3 is 0 Å². The highest BCUT2D eigenvalue weighted by atomic mass is 16.2. The first-order valence-corrected chi connectivity index (χ1v) is 19.1. The molecule has 43 heavy (non-hydrogen) atoms. The van der Waals surface area contributed by atoms with E-state index in [1.807, 2.05) is 4.90 Å². The highest BCUT2D eigenvalue weighted by Crippen LogP contribution is 2.12. The molecule has 1 saturated heterocycles. The Balaban J connectivity index is 2.57. The van der Waals surface area contributed by atoms with Crippen LogP contribution >= 0.6 is 0 Å². The average Bonchev–Trinajstić information content (AvgIpc) is 3.03. The molecule has 0 bridgehead atoms. The molecule has 0 radical (unpaired) electrons. The van der Waals surface area contributed by atoms with Crippen LogP contribution in [-0.4, -0.2) is 97.4 Å². The third kappa shape index (κ3) is 22.9. The molecule has 1 rings (SSSR count). The molecule has 0 unspecified atom stereocenters. The molecule has 1 aliphatic heterocycles. The number of carbonyl (C=O) groups is 2. The third-order valence-corrected chi connectivity index (χ3v) is 9.42. The summed E-state index contributed by atoms with van der Waals surface area (Å²) < 4.78 is 0. The van der Waals surface area contributed by atoms with Gasteiger partial charge in [-0.15, -0.1) is 0 Å². The Bertz CT molecular complexity index is 606. The minimum Gasteiger partial charge on any atom is -0.342 e. The van der Waals surface area contributed by atoms with E-state index in [1.54, 1.807) is 4.90 Å². The minimum absolute atomic E-state index is 0.262. The highest BCUT2D eigenvalue weighted by Gasteiger charge is 2.21. The normalized spacial score (nSPS) is 13.9. The molecule has 0 aromatic heterocycles. The fraction of sp³-hybridized carbons (Fsp3) is 0.946. The van der Waals surface area contributed by atoms with Crippen molar-refractivity contribution < 1.29 is 9.59 Å². The summed E-state index contributed by atoms with van der Waals surface area (Å²) in [6, 6.07) is 0. The molecule has 6 nitrogen and oxygen atoms in total. The Kier molecular flexibility index (Phi) is 27.4. The summed E-state index contributed by atoms with van der Waals surface area (Å²) in [7, 11) is 0. The van der Waals surface area contributed by atoms with E-state index >= 15 is 0 Å². The van der Waals surface area contributed by atoms with Gasteiger partial charge in [-0.25, -0.2) is 0 Å². The van der Waals surface area contributed by atoms with E-state index in [0.717, 1.165) is 32.6 Å². The van der Waals surface area contributed by atoms with Crippen LogP contribution in [0.25, 0.3) is 0 Å². The molecule has 1 fully saturated rings. The lowest BCUT2D eigenvalue weighted by Gasteiger charge is -2.33. The summed E-state index contributed by atoms with van der Waals surface area (Å²) >= 11 is 0. The predicted molar refractivity (Wildman–Crippen MR) is 186 cm³/mol. The lowest BCUT2D eigenvalue weighted by molar-refractivity contribution is -0.135. The average molecular weight is 607 g/mol. The number of piperazine rings is 1. The Morgan fingerprint density at radius 1 is 0.488 bits per heavy atom. The van der Waals surface area contributed by atoms with Gasteiger partial charge in [0.2, 0.25) is 12.3 Å². The minimum atomic E-state index is 0.262. The summed E-state index contributed by atoms with van der Waals surface area (Å²) in [6.07, 6.45) is 30.0. The fourth-order valence-corrected chi connectivity index (χ4v) is 6.32. The van der Waals surface area contributed by atoms with E-state index in [2.05, 4.69) is 30.6 Å². The maximum absolute atomic E-state index is 13.0. The maximum atomic E-state index is 13.0. The molecule has 254 valence electrons. The van der Waals surface area contributed by atoms with Gasteiger partial charge < -0.3 is 19.6 Å². The van der Waals surface area contributed by atoms with Crippen LogP contribution in [0.5, 0.6) is 0 Å². The topological polar surface area (TPSA) is 47.1 Å². The van der Waals surface area contributed by atoms with Gasteiger partial charge in [-0.1, -0.05) is 136 Å². The van der Waals surface area contributed by atoms with Gasteiger partial charge in [0.05, 0.1) is 0 Å². The zero-order chi connectivity index (χ0) is 31.2. The van der Waals surface area contributed by atoms with E-state index in [9.17, 15) is 9.59 Å². The third-order valence-electron chi connectivity index (χ3n) is 9.42. The Morgan fingerprint density at radius 3 is 1.21 bits per heavy atom. The van der Waals surface area contributed by atoms with Crippen molar-refractivity contribution in [3.8, 4) is 0 Å². The van der Waals surface area contributed by atoms with Crippen molar-refractivity contribution >= 4 is 12.3 Å². The summed E-state index contributed by atoms with van der Waals surface area (Å²) in [5.41, 5.74) is 0. The van der Waals surface area contributed by atoms with Crippen LogP contribution in [0.15, 0.2) is 0 Å². The Morgan fingerprint density at radius 2 is 0.837 bits per heavy atom.